The first-order valence-corrected chi connectivity index (χ1v) is 8.58. The molecule has 1 aromatic heterocycles. The van der Waals surface area contributed by atoms with E-state index in [9.17, 15) is 4.79 Å². The van der Waals surface area contributed by atoms with E-state index in [1.54, 1.807) is 18.2 Å². The molecule has 1 heterocycles. The number of ether oxygens (including phenoxy) is 2. The van der Waals surface area contributed by atoms with Crippen molar-refractivity contribution in [3.63, 3.8) is 0 Å². The van der Waals surface area contributed by atoms with Gasteiger partial charge in [-0.1, -0.05) is 35.8 Å². The lowest BCUT2D eigenvalue weighted by molar-refractivity contribution is -0.661. The molecule has 0 N–H and O–H groups in total. The molecule has 132 valence electrons. The molecule has 0 unspecified atom stereocenters. The lowest BCUT2D eigenvalue weighted by atomic mass is 10.2. The first-order chi connectivity index (χ1) is 12.6. The largest absolute Gasteiger partial charge is 0.494 e. The van der Waals surface area contributed by atoms with Crippen LogP contribution in [0.1, 0.15) is 10.4 Å². The molecule has 0 amide bonds. The van der Waals surface area contributed by atoms with E-state index >= 15 is 0 Å². The van der Waals surface area contributed by atoms with Gasteiger partial charge in [-0.3, -0.25) is 0 Å². The van der Waals surface area contributed by atoms with Gasteiger partial charge in [-0.05, 0) is 36.4 Å². The van der Waals surface area contributed by atoms with Gasteiger partial charge in [-0.25, -0.2) is 4.79 Å². The number of halogens is 2. The molecular formula is C20H16Cl2NO3+. The minimum atomic E-state index is -0.643. The summed E-state index contributed by atoms with van der Waals surface area (Å²) in [5, 5.41) is 1.42. The molecular weight excluding hydrogens is 373 g/mol. The van der Waals surface area contributed by atoms with Gasteiger partial charge in [0.1, 0.15) is 5.56 Å². The zero-order valence-electron chi connectivity index (χ0n) is 14.0. The average molecular weight is 389 g/mol. The zero-order chi connectivity index (χ0) is 18.7. The normalized spacial score (nSPS) is 10.6. The van der Waals surface area contributed by atoms with Crippen molar-refractivity contribution in [2.24, 2.45) is 0 Å². The molecule has 0 aliphatic rings. The Kier molecular flexibility index (Phi) is 5.45. The van der Waals surface area contributed by atoms with Crippen molar-refractivity contribution < 1.29 is 18.8 Å². The second kappa shape index (κ2) is 7.77. The Morgan fingerprint density at radius 2 is 1.88 bits per heavy atom. The van der Waals surface area contributed by atoms with Gasteiger partial charge in [-0.2, -0.15) is 4.57 Å². The number of aromatic nitrogens is 1. The summed E-state index contributed by atoms with van der Waals surface area (Å²) in [7, 11) is 1.42. The van der Waals surface area contributed by atoms with Crippen LogP contribution in [0.5, 0.6) is 11.5 Å². The molecule has 3 rings (SSSR count). The van der Waals surface area contributed by atoms with Gasteiger partial charge in [-0.15, -0.1) is 0 Å². The molecule has 0 atom stereocenters. The van der Waals surface area contributed by atoms with Crippen molar-refractivity contribution in [2.45, 2.75) is 6.54 Å². The van der Waals surface area contributed by atoms with Crippen LogP contribution in [-0.2, 0) is 6.54 Å². The zero-order valence-corrected chi connectivity index (χ0v) is 15.6. The van der Waals surface area contributed by atoms with Gasteiger partial charge < -0.3 is 9.47 Å². The number of rotatable bonds is 5. The molecule has 0 radical (unpaired) electrons. The summed E-state index contributed by atoms with van der Waals surface area (Å²) < 4.78 is 12.8. The third-order valence-corrected chi connectivity index (χ3v) is 4.47. The fraction of sp³-hybridized carbons (Fsp3) is 0.100. The molecule has 0 spiro atoms. The first-order valence-electron chi connectivity index (χ1n) is 7.83. The Morgan fingerprint density at radius 1 is 1.15 bits per heavy atom. The van der Waals surface area contributed by atoms with E-state index in [2.05, 4.69) is 6.58 Å². The third-order valence-electron chi connectivity index (χ3n) is 3.85. The van der Waals surface area contributed by atoms with Crippen molar-refractivity contribution in [3.8, 4) is 11.5 Å². The Morgan fingerprint density at radius 3 is 2.62 bits per heavy atom. The highest BCUT2D eigenvalue weighted by atomic mass is 35.5. The lowest BCUT2D eigenvalue weighted by Gasteiger charge is -2.12. The topological polar surface area (TPSA) is 39.4 Å². The van der Waals surface area contributed by atoms with E-state index in [-0.39, 0.29) is 21.4 Å². The van der Waals surface area contributed by atoms with Crippen LogP contribution >= 0.6 is 23.2 Å². The average Bonchev–Trinajstić information content (AvgIpc) is 2.63. The summed E-state index contributed by atoms with van der Waals surface area (Å²) in [5.41, 5.74) is 0.866. The molecule has 0 aliphatic carbocycles. The van der Waals surface area contributed by atoms with Gasteiger partial charge in [0.2, 0.25) is 5.75 Å². The predicted octanol–water partition coefficient (Wildman–Crippen LogP) is 4.85. The number of fused-ring (bicyclic) bond motifs is 1. The van der Waals surface area contributed by atoms with Crippen molar-refractivity contribution in [1.82, 2.24) is 0 Å². The van der Waals surface area contributed by atoms with Crippen molar-refractivity contribution in [3.05, 3.63) is 76.9 Å². The third kappa shape index (κ3) is 3.39. The van der Waals surface area contributed by atoms with E-state index in [4.69, 9.17) is 32.7 Å². The summed E-state index contributed by atoms with van der Waals surface area (Å²) in [4.78, 5) is 12.8. The van der Waals surface area contributed by atoms with Gasteiger partial charge in [0, 0.05) is 6.07 Å². The van der Waals surface area contributed by atoms with Crippen LogP contribution in [0.3, 0.4) is 0 Å². The molecule has 26 heavy (non-hydrogen) atoms. The molecule has 2 aromatic carbocycles. The number of pyridine rings is 1. The van der Waals surface area contributed by atoms with Crippen LogP contribution in [0.4, 0.5) is 0 Å². The number of carbonyl (C=O) groups is 1. The lowest BCUT2D eigenvalue weighted by Crippen LogP contribution is -2.33. The second-order valence-electron chi connectivity index (χ2n) is 5.47. The number of methoxy groups -OCH3 is 1. The number of nitrogens with zero attached hydrogens (tertiary/aromatic N) is 1. The molecule has 0 saturated carbocycles. The van der Waals surface area contributed by atoms with Crippen LogP contribution in [0.15, 0.2) is 61.3 Å². The maximum absolute atomic E-state index is 12.8. The van der Waals surface area contributed by atoms with Crippen LogP contribution in [0.2, 0.25) is 10.0 Å². The SMILES string of the molecule is C=CC[n+]1cccc2cccc(OC(=O)c3c(Cl)ccc(Cl)c3OC)c21. The number of para-hydroxylation sites is 1. The minimum absolute atomic E-state index is 0.0878. The smallest absolute Gasteiger partial charge is 0.349 e. The van der Waals surface area contributed by atoms with E-state index in [0.717, 1.165) is 10.9 Å². The number of allylic oxidation sites excluding steroid dienone is 1. The molecule has 0 bridgehead atoms. The number of carbonyl (C=O) groups excluding carboxylic acids is 1. The van der Waals surface area contributed by atoms with E-state index in [1.165, 1.54) is 13.2 Å². The van der Waals surface area contributed by atoms with Gasteiger partial charge in [0.15, 0.2) is 18.5 Å². The van der Waals surface area contributed by atoms with Crippen LogP contribution in [0, 0.1) is 0 Å². The fourth-order valence-electron chi connectivity index (χ4n) is 2.75. The van der Waals surface area contributed by atoms with Crippen molar-refractivity contribution in [1.29, 1.82) is 0 Å². The van der Waals surface area contributed by atoms with Gasteiger partial charge in [0.05, 0.1) is 22.5 Å². The highest BCUT2D eigenvalue weighted by molar-refractivity contribution is 6.37. The molecule has 0 aliphatic heterocycles. The highest BCUT2D eigenvalue weighted by Gasteiger charge is 2.24. The monoisotopic (exact) mass is 388 g/mol. The molecule has 3 aromatic rings. The summed E-state index contributed by atoms with van der Waals surface area (Å²) in [6.45, 7) is 4.34. The Balaban J connectivity index is 2.09. The molecule has 6 heteroatoms. The van der Waals surface area contributed by atoms with Gasteiger partial charge >= 0.3 is 5.97 Å². The maximum atomic E-state index is 12.8. The molecule has 4 nitrogen and oxygen atoms in total. The Bertz CT molecular complexity index is 997. The highest BCUT2D eigenvalue weighted by Crippen LogP contribution is 2.35. The number of esters is 1. The minimum Gasteiger partial charge on any atom is -0.494 e. The number of hydrogen-bond acceptors (Lipinski definition) is 3. The second-order valence-corrected chi connectivity index (χ2v) is 6.28. The van der Waals surface area contributed by atoms with Crippen LogP contribution < -0.4 is 14.0 Å². The molecule has 0 fully saturated rings. The van der Waals surface area contributed by atoms with Crippen LogP contribution in [0.25, 0.3) is 10.9 Å². The maximum Gasteiger partial charge on any atom is 0.349 e. The number of benzene rings is 2. The van der Waals surface area contributed by atoms with Crippen molar-refractivity contribution >= 4 is 40.1 Å². The quantitative estimate of drug-likeness (QED) is 0.271. The number of hydrogen-bond donors (Lipinski definition) is 0. The summed E-state index contributed by atoms with van der Waals surface area (Å²) in [6, 6.07) is 12.5. The fourth-order valence-corrected chi connectivity index (χ4v) is 3.21. The molecule has 0 saturated heterocycles. The van der Waals surface area contributed by atoms with Crippen molar-refractivity contribution in [2.75, 3.05) is 7.11 Å². The van der Waals surface area contributed by atoms with E-state index in [1.807, 2.05) is 35.0 Å². The summed E-state index contributed by atoms with van der Waals surface area (Å²) in [5.74, 6) is -0.0488. The predicted molar refractivity (Wildman–Crippen MR) is 102 cm³/mol. The first kappa shape index (κ1) is 18.2. The van der Waals surface area contributed by atoms with E-state index < -0.39 is 5.97 Å². The van der Waals surface area contributed by atoms with E-state index in [0.29, 0.717) is 12.3 Å². The Hall–Kier alpha value is -2.56. The van der Waals surface area contributed by atoms with Gasteiger partial charge in [0.25, 0.3) is 5.52 Å². The summed E-state index contributed by atoms with van der Waals surface area (Å²) >= 11 is 12.3. The van der Waals surface area contributed by atoms with Crippen LogP contribution in [-0.4, -0.2) is 13.1 Å². The summed E-state index contributed by atoms with van der Waals surface area (Å²) in [6.07, 6.45) is 3.67. The standard InChI is InChI=1S/C20H16Cl2NO3/c1-3-11-23-12-5-7-13-6-4-8-16(18(13)23)26-20(24)17-14(21)9-10-15(22)19(17)25-2/h3-10,12H,1,11H2,2H3/q+1. The Labute approximate surface area is 161 Å².